The molecule has 1 saturated heterocycles. The topological polar surface area (TPSA) is 109 Å². The van der Waals surface area contributed by atoms with Crippen LogP contribution in [0, 0.1) is 5.92 Å². The number of carbonyl (C=O) groups excluding carboxylic acids is 2. The van der Waals surface area contributed by atoms with E-state index < -0.39 is 12.2 Å². The van der Waals surface area contributed by atoms with Crippen molar-refractivity contribution >= 4 is 37.0 Å². The third kappa shape index (κ3) is 7.53. The maximum Gasteiger partial charge on any atom is 0.429 e. The van der Waals surface area contributed by atoms with Crippen LogP contribution in [-0.2, 0) is 9.68 Å². The van der Waals surface area contributed by atoms with E-state index in [1.165, 1.54) is 14.1 Å². The van der Waals surface area contributed by atoms with Gasteiger partial charge in [-0.1, -0.05) is 0 Å². The minimum atomic E-state index is -0.723. The van der Waals surface area contributed by atoms with Crippen LogP contribution < -0.4 is 16.4 Å². The van der Waals surface area contributed by atoms with Crippen molar-refractivity contribution in [3.63, 3.8) is 0 Å². The summed E-state index contributed by atoms with van der Waals surface area (Å²) >= 11 is 0. The zero-order chi connectivity index (χ0) is 14.3. The van der Waals surface area contributed by atoms with Crippen LogP contribution >= 0.6 is 24.8 Å². The molecule has 1 aliphatic rings. The fourth-order valence-corrected chi connectivity index (χ4v) is 1.75. The highest BCUT2D eigenvalue weighted by Gasteiger charge is 2.29. The number of halogens is 2. The van der Waals surface area contributed by atoms with Crippen LogP contribution in [-0.4, -0.2) is 56.3 Å². The molecule has 0 radical (unpaired) electrons. The van der Waals surface area contributed by atoms with Crippen molar-refractivity contribution in [3.8, 4) is 0 Å². The van der Waals surface area contributed by atoms with Crippen LogP contribution in [0.4, 0.5) is 9.59 Å². The highest BCUT2D eigenvalue weighted by atomic mass is 35.5. The Kier molecular flexibility index (Phi) is 12.3. The van der Waals surface area contributed by atoms with Crippen LogP contribution in [0.25, 0.3) is 0 Å². The molecule has 0 saturated carbocycles. The van der Waals surface area contributed by atoms with Crippen LogP contribution in [0.15, 0.2) is 0 Å². The summed E-state index contributed by atoms with van der Waals surface area (Å²) in [7, 11) is 2.83. The van der Waals surface area contributed by atoms with Gasteiger partial charge in [-0.15, -0.1) is 24.8 Å². The summed E-state index contributed by atoms with van der Waals surface area (Å²) in [6.45, 7) is 1.71. The van der Waals surface area contributed by atoms with Gasteiger partial charge in [0.15, 0.2) is 0 Å². The molecule has 0 aromatic carbocycles. The second kappa shape index (κ2) is 11.6. The smallest absolute Gasteiger partial charge is 0.330 e. The summed E-state index contributed by atoms with van der Waals surface area (Å²) in [5.74, 6) is 0.276. The molecular weight excluding hydrogens is 325 g/mol. The molecule has 2 amide bonds. The molecule has 0 bridgehead atoms. The van der Waals surface area contributed by atoms with E-state index in [1.54, 1.807) is 5.01 Å². The first-order chi connectivity index (χ1) is 9.10. The predicted octanol–water partition coefficient (Wildman–Crippen LogP) is 0.260. The molecular formula is C10H23Cl2N5O4. The quantitative estimate of drug-likeness (QED) is 0.625. The van der Waals surface area contributed by atoms with Crippen LogP contribution in [0.3, 0.4) is 0 Å². The number of hydrogen-bond acceptors (Lipinski definition) is 7. The molecule has 0 aromatic heterocycles. The molecule has 9 nitrogen and oxygen atoms in total. The van der Waals surface area contributed by atoms with Gasteiger partial charge in [0, 0.05) is 27.2 Å². The van der Waals surface area contributed by atoms with Gasteiger partial charge in [0.2, 0.25) is 0 Å². The van der Waals surface area contributed by atoms with Gasteiger partial charge in [-0.3, -0.25) is 9.68 Å². The van der Waals surface area contributed by atoms with E-state index in [1.807, 2.05) is 0 Å². The van der Waals surface area contributed by atoms with Crippen molar-refractivity contribution in [1.29, 1.82) is 0 Å². The molecule has 11 heteroatoms. The second-order valence-corrected chi connectivity index (χ2v) is 4.15. The van der Waals surface area contributed by atoms with Gasteiger partial charge in [-0.2, -0.15) is 5.01 Å². The summed E-state index contributed by atoms with van der Waals surface area (Å²) in [5.41, 5.74) is 5.64. The first kappa shape index (κ1) is 22.3. The van der Waals surface area contributed by atoms with Gasteiger partial charge in [0.25, 0.3) is 0 Å². The number of rotatable bonds is 4. The van der Waals surface area contributed by atoms with Gasteiger partial charge in [-0.05, 0) is 25.3 Å². The van der Waals surface area contributed by atoms with E-state index >= 15 is 0 Å². The molecule has 126 valence electrons. The number of piperidine rings is 1. The fourth-order valence-electron chi connectivity index (χ4n) is 1.75. The molecule has 21 heavy (non-hydrogen) atoms. The summed E-state index contributed by atoms with van der Waals surface area (Å²) in [6.07, 6.45) is 0.436. The van der Waals surface area contributed by atoms with E-state index in [0.29, 0.717) is 19.6 Å². The van der Waals surface area contributed by atoms with E-state index in [-0.39, 0.29) is 30.7 Å². The van der Waals surface area contributed by atoms with E-state index in [0.717, 1.165) is 18.2 Å². The van der Waals surface area contributed by atoms with Crippen molar-refractivity contribution in [2.45, 2.75) is 12.8 Å². The number of hydrogen-bond donors (Lipinski definition) is 3. The number of hydrazine groups is 1. The molecule has 0 spiro atoms. The summed E-state index contributed by atoms with van der Waals surface area (Å²) < 4.78 is 0. The van der Waals surface area contributed by atoms with E-state index in [9.17, 15) is 9.59 Å². The third-order valence-corrected chi connectivity index (χ3v) is 2.79. The second-order valence-electron chi connectivity index (χ2n) is 4.15. The van der Waals surface area contributed by atoms with Crippen molar-refractivity contribution in [2.75, 3.05) is 33.7 Å². The molecule has 1 heterocycles. The average molecular weight is 348 g/mol. The Balaban J connectivity index is 0. The van der Waals surface area contributed by atoms with Gasteiger partial charge < -0.3 is 16.4 Å². The average Bonchev–Trinajstić information content (AvgIpc) is 2.46. The molecule has 0 aromatic rings. The highest BCUT2D eigenvalue weighted by molar-refractivity contribution is 5.85. The number of amides is 2. The predicted molar refractivity (Wildman–Crippen MR) is 80.8 cm³/mol. The lowest BCUT2D eigenvalue weighted by Gasteiger charge is -2.35. The lowest BCUT2D eigenvalue weighted by atomic mass is 10.00. The molecule has 1 rings (SSSR count). The van der Waals surface area contributed by atoms with Crippen LogP contribution in [0.5, 0.6) is 0 Å². The maximum absolute atomic E-state index is 11.2. The highest BCUT2D eigenvalue weighted by Crippen LogP contribution is 2.17. The molecule has 4 N–H and O–H groups in total. The number of carbonyl (C=O) groups is 2. The van der Waals surface area contributed by atoms with Crippen LogP contribution in [0.1, 0.15) is 12.8 Å². The Morgan fingerprint density at radius 2 is 1.76 bits per heavy atom. The van der Waals surface area contributed by atoms with Gasteiger partial charge in [0.05, 0.1) is 0 Å². The Hall–Kier alpha value is -1.00. The Morgan fingerprint density at radius 1 is 1.24 bits per heavy atom. The Bertz CT molecular complexity index is 306. The van der Waals surface area contributed by atoms with Crippen molar-refractivity contribution in [2.24, 2.45) is 11.7 Å². The fraction of sp³-hybridized carbons (Fsp3) is 0.800. The van der Waals surface area contributed by atoms with Gasteiger partial charge >= 0.3 is 12.2 Å². The largest absolute Gasteiger partial charge is 0.429 e. The number of nitrogens with two attached hydrogens (primary N) is 1. The minimum Gasteiger partial charge on any atom is -0.330 e. The normalized spacial score (nSPS) is 18.0. The van der Waals surface area contributed by atoms with Crippen LogP contribution in [0.2, 0.25) is 0 Å². The Labute approximate surface area is 136 Å². The minimum absolute atomic E-state index is 0. The van der Waals surface area contributed by atoms with Crippen molar-refractivity contribution in [1.82, 2.24) is 21.0 Å². The lowest BCUT2D eigenvalue weighted by molar-refractivity contribution is -0.409. The SMILES string of the molecule is CNC(=O)ON(OC(=O)NC)N1CCC[C@@H](CN)C1.Cl.Cl. The van der Waals surface area contributed by atoms with E-state index in [4.69, 9.17) is 15.4 Å². The van der Waals surface area contributed by atoms with Crippen molar-refractivity contribution < 1.29 is 19.3 Å². The summed E-state index contributed by atoms with van der Waals surface area (Å²) in [4.78, 5) is 32.3. The summed E-state index contributed by atoms with van der Waals surface area (Å²) in [5, 5.41) is 7.01. The van der Waals surface area contributed by atoms with Crippen molar-refractivity contribution in [3.05, 3.63) is 0 Å². The molecule has 0 unspecified atom stereocenters. The number of nitrogens with zero attached hydrogens (tertiary/aromatic N) is 2. The monoisotopic (exact) mass is 347 g/mol. The number of nitrogens with one attached hydrogen (secondary N) is 2. The molecule has 1 aliphatic heterocycles. The van der Waals surface area contributed by atoms with E-state index in [2.05, 4.69) is 10.6 Å². The van der Waals surface area contributed by atoms with Gasteiger partial charge in [0.1, 0.15) is 5.34 Å². The zero-order valence-electron chi connectivity index (χ0n) is 12.0. The molecule has 1 atom stereocenters. The first-order valence-electron chi connectivity index (χ1n) is 6.15. The lowest BCUT2D eigenvalue weighted by Crippen LogP contribution is -2.52. The first-order valence-corrected chi connectivity index (χ1v) is 6.15. The third-order valence-electron chi connectivity index (χ3n) is 2.79. The van der Waals surface area contributed by atoms with Gasteiger partial charge in [-0.25, -0.2) is 9.59 Å². The Morgan fingerprint density at radius 3 is 2.19 bits per heavy atom. The summed E-state index contributed by atoms with van der Waals surface area (Å²) in [6, 6.07) is 0. The maximum atomic E-state index is 11.2. The molecule has 0 aliphatic carbocycles. The molecule has 1 fully saturated rings. The standard InChI is InChI=1S/C10H21N5O4.2ClH/c1-12-9(16)18-15(19-10(17)13-2)14-5-3-4-8(6-11)7-14;;/h8H,3-7,11H2,1-2H3,(H,12,16)(H,13,17);2*1H/t8-;;/m0../s1. The zero-order valence-corrected chi connectivity index (χ0v) is 13.7.